The van der Waals surface area contributed by atoms with Gasteiger partial charge < -0.3 is 0 Å². The highest BCUT2D eigenvalue weighted by Gasteiger charge is 2.33. The van der Waals surface area contributed by atoms with Crippen molar-refractivity contribution in [3.05, 3.63) is 35.4 Å². The molecule has 0 unspecified atom stereocenters. The molecule has 0 aromatic heterocycles. The van der Waals surface area contributed by atoms with Crippen LogP contribution in [0.5, 0.6) is 0 Å². The number of aryl methyl sites for hydroxylation is 2. The first-order valence-corrected chi connectivity index (χ1v) is 10.3. The Labute approximate surface area is 115 Å². The van der Waals surface area contributed by atoms with Gasteiger partial charge in [-0.05, 0) is 18.9 Å². The van der Waals surface area contributed by atoms with Crippen LogP contribution in [-0.4, -0.2) is 8.07 Å². The molecule has 0 spiro atoms. The summed E-state index contributed by atoms with van der Waals surface area (Å²) in [5.74, 6) is 0. The number of rotatable bonds is 6. The van der Waals surface area contributed by atoms with Crippen LogP contribution in [0.1, 0.15) is 45.2 Å². The fourth-order valence-corrected chi connectivity index (χ4v) is 6.10. The number of hydrogen-bond donors (Lipinski definition) is 0. The topological polar surface area (TPSA) is 0 Å². The molecule has 1 rings (SSSR count). The summed E-state index contributed by atoms with van der Waals surface area (Å²) in [4.78, 5) is 0. The summed E-state index contributed by atoms with van der Waals surface area (Å²) >= 11 is 0. The van der Waals surface area contributed by atoms with E-state index < -0.39 is 8.07 Å². The molecule has 0 heterocycles. The average molecular weight is 263 g/mol. The molecular weight excluding hydrogens is 232 g/mol. The van der Waals surface area contributed by atoms with Gasteiger partial charge >= 0.3 is 0 Å². The van der Waals surface area contributed by atoms with E-state index in [0.717, 1.165) is 11.1 Å². The molecule has 0 aliphatic heterocycles. The van der Waals surface area contributed by atoms with Crippen LogP contribution in [0.3, 0.4) is 0 Å². The first-order valence-electron chi connectivity index (χ1n) is 7.42. The second kappa shape index (κ2) is 6.56. The largest absolute Gasteiger partial charge is 0.0688 e. The van der Waals surface area contributed by atoms with Crippen molar-refractivity contribution >= 4 is 8.07 Å². The maximum atomic E-state index is 2.59. The highest BCUT2D eigenvalue weighted by molar-refractivity contribution is 6.81. The quantitative estimate of drug-likeness (QED) is 0.566. The molecule has 0 aliphatic carbocycles. The molecule has 0 radical (unpaired) electrons. The van der Waals surface area contributed by atoms with E-state index in [1.807, 2.05) is 0 Å². The van der Waals surface area contributed by atoms with Crippen molar-refractivity contribution in [2.45, 2.75) is 71.1 Å². The molecule has 1 aromatic rings. The summed E-state index contributed by atoms with van der Waals surface area (Å²) in [6.07, 6.45) is 2.62. The lowest BCUT2D eigenvalue weighted by atomic mass is 10.1. The van der Waals surface area contributed by atoms with Gasteiger partial charge in [0.25, 0.3) is 0 Å². The van der Waals surface area contributed by atoms with Crippen LogP contribution in [0.4, 0.5) is 0 Å². The van der Waals surface area contributed by atoms with Gasteiger partial charge in [0, 0.05) is 0 Å². The molecule has 0 N–H and O–H groups in total. The fourth-order valence-electron chi connectivity index (χ4n) is 2.67. The van der Waals surface area contributed by atoms with Crippen LogP contribution in [-0.2, 0) is 6.42 Å². The van der Waals surface area contributed by atoms with E-state index in [9.17, 15) is 0 Å². The van der Waals surface area contributed by atoms with E-state index in [1.165, 1.54) is 30.0 Å². The third kappa shape index (κ3) is 3.98. The molecule has 18 heavy (non-hydrogen) atoms. The minimum absolute atomic E-state index is 0.899. The molecule has 0 fully saturated rings. The SMILES string of the molecule is Cc1ccc(CCC[Si](C)(C(C)C)C(C)C)cc1. The zero-order valence-electron chi connectivity index (χ0n) is 13.1. The van der Waals surface area contributed by atoms with Crippen molar-refractivity contribution in [1.29, 1.82) is 0 Å². The Morgan fingerprint density at radius 1 is 0.944 bits per heavy atom. The van der Waals surface area contributed by atoms with Crippen LogP contribution in [0.15, 0.2) is 24.3 Å². The Hall–Kier alpha value is -0.563. The Bertz CT molecular complexity index is 340. The molecule has 0 bridgehead atoms. The summed E-state index contributed by atoms with van der Waals surface area (Å²) in [5, 5.41) is 0. The zero-order valence-corrected chi connectivity index (χ0v) is 14.1. The van der Waals surface area contributed by atoms with Crippen molar-refractivity contribution in [2.24, 2.45) is 0 Å². The van der Waals surface area contributed by atoms with Crippen molar-refractivity contribution in [3.8, 4) is 0 Å². The van der Waals surface area contributed by atoms with Crippen molar-refractivity contribution in [3.63, 3.8) is 0 Å². The first-order chi connectivity index (χ1) is 8.36. The van der Waals surface area contributed by atoms with E-state index in [0.29, 0.717) is 0 Å². The van der Waals surface area contributed by atoms with E-state index in [4.69, 9.17) is 0 Å². The van der Waals surface area contributed by atoms with Crippen LogP contribution < -0.4 is 0 Å². The van der Waals surface area contributed by atoms with Gasteiger partial charge in [-0.3, -0.25) is 0 Å². The second-order valence-electron chi connectivity index (χ2n) is 6.65. The van der Waals surface area contributed by atoms with Gasteiger partial charge in [0.15, 0.2) is 0 Å². The molecule has 1 heteroatoms. The third-order valence-corrected chi connectivity index (χ3v) is 11.6. The Balaban J connectivity index is 2.52. The van der Waals surface area contributed by atoms with Gasteiger partial charge in [0.2, 0.25) is 0 Å². The molecule has 1 aromatic carbocycles. The van der Waals surface area contributed by atoms with Gasteiger partial charge in [-0.2, -0.15) is 0 Å². The summed E-state index contributed by atoms with van der Waals surface area (Å²) in [7, 11) is -1.07. The molecule has 102 valence electrons. The predicted molar refractivity (Wildman–Crippen MR) is 86.1 cm³/mol. The average Bonchev–Trinajstić information content (AvgIpc) is 2.31. The Morgan fingerprint density at radius 2 is 1.44 bits per heavy atom. The second-order valence-corrected chi connectivity index (χ2v) is 12.5. The summed E-state index contributed by atoms with van der Waals surface area (Å²) in [6, 6.07) is 10.5. The van der Waals surface area contributed by atoms with Crippen molar-refractivity contribution in [2.75, 3.05) is 0 Å². The third-order valence-electron chi connectivity index (χ3n) is 4.94. The smallest absolute Gasteiger partial charge is 0.0556 e. The molecule has 0 nitrogen and oxygen atoms in total. The normalized spacial score (nSPS) is 12.4. The van der Waals surface area contributed by atoms with Gasteiger partial charge in [-0.1, -0.05) is 87.6 Å². The summed E-state index contributed by atoms with van der Waals surface area (Å²) in [6.45, 7) is 14.5. The van der Waals surface area contributed by atoms with Crippen LogP contribution >= 0.6 is 0 Å². The van der Waals surface area contributed by atoms with Crippen LogP contribution in [0.2, 0.25) is 23.7 Å². The van der Waals surface area contributed by atoms with E-state index in [-0.39, 0.29) is 0 Å². The minimum atomic E-state index is -1.07. The Kier molecular flexibility index (Phi) is 5.65. The molecule has 0 saturated heterocycles. The fraction of sp³-hybridized carbons (Fsp3) is 0.647. The van der Waals surface area contributed by atoms with Gasteiger partial charge in [0.1, 0.15) is 0 Å². The predicted octanol–water partition coefficient (Wildman–Crippen LogP) is 5.83. The highest BCUT2D eigenvalue weighted by atomic mass is 28.3. The van der Waals surface area contributed by atoms with Crippen molar-refractivity contribution in [1.82, 2.24) is 0 Å². The first kappa shape index (κ1) is 15.5. The summed E-state index contributed by atoms with van der Waals surface area (Å²) < 4.78 is 0. The molecule has 0 amide bonds. The summed E-state index contributed by atoms with van der Waals surface area (Å²) in [5.41, 5.74) is 4.66. The van der Waals surface area contributed by atoms with E-state index >= 15 is 0 Å². The monoisotopic (exact) mass is 262 g/mol. The molecular formula is C17H30Si. The lowest BCUT2D eigenvalue weighted by molar-refractivity contribution is 0.822. The zero-order chi connectivity index (χ0) is 13.8. The molecule has 0 saturated carbocycles. The number of benzene rings is 1. The highest BCUT2D eigenvalue weighted by Crippen LogP contribution is 2.36. The van der Waals surface area contributed by atoms with Gasteiger partial charge in [0.05, 0.1) is 8.07 Å². The van der Waals surface area contributed by atoms with Gasteiger partial charge in [-0.25, -0.2) is 0 Å². The van der Waals surface area contributed by atoms with Gasteiger partial charge in [-0.15, -0.1) is 0 Å². The van der Waals surface area contributed by atoms with Crippen LogP contribution in [0, 0.1) is 6.92 Å². The standard InChI is InChI=1S/C17H30Si/c1-14(2)18(6,15(3)4)13-7-8-17-11-9-16(5)10-12-17/h9-12,14-15H,7-8,13H2,1-6H3. The van der Waals surface area contributed by atoms with E-state index in [2.05, 4.69) is 65.4 Å². The van der Waals surface area contributed by atoms with E-state index in [1.54, 1.807) is 0 Å². The lowest BCUT2D eigenvalue weighted by Crippen LogP contribution is -2.37. The maximum absolute atomic E-state index is 2.59. The Morgan fingerprint density at radius 3 is 1.89 bits per heavy atom. The maximum Gasteiger partial charge on any atom is 0.0556 e. The lowest BCUT2D eigenvalue weighted by Gasteiger charge is -2.36. The molecule has 0 atom stereocenters. The van der Waals surface area contributed by atoms with Crippen LogP contribution in [0.25, 0.3) is 0 Å². The minimum Gasteiger partial charge on any atom is -0.0688 e. The number of hydrogen-bond acceptors (Lipinski definition) is 0. The molecule has 0 aliphatic rings. The van der Waals surface area contributed by atoms with Crippen molar-refractivity contribution < 1.29 is 0 Å².